The van der Waals surface area contributed by atoms with Gasteiger partial charge in [-0.2, -0.15) is 0 Å². The van der Waals surface area contributed by atoms with Crippen LogP contribution in [0.5, 0.6) is 0 Å². The van der Waals surface area contributed by atoms with E-state index in [4.69, 9.17) is 5.73 Å². The van der Waals surface area contributed by atoms with E-state index >= 15 is 0 Å². The monoisotopic (exact) mass is 145 g/mol. The Morgan fingerprint density at radius 3 is 1.70 bits per heavy atom. The van der Waals surface area contributed by atoms with E-state index in [1.165, 1.54) is 21.0 Å². The van der Waals surface area contributed by atoms with Gasteiger partial charge in [0, 0.05) is 21.0 Å². The highest BCUT2D eigenvalue weighted by molar-refractivity contribution is 5.78. The molecule has 5 nitrogen and oxygen atoms in total. The fourth-order valence-electron chi connectivity index (χ4n) is 0.359. The molecule has 0 spiro atoms. The number of primary amides is 1. The summed E-state index contributed by atoms with van der Waals surface area (Å²) in [5.41, 5.74) is 4.87. The molecule has 2 N–H and O–H groups in total. The van der Waals surface area contributed by atoms with Gasteiger partial charge in [0.2, 0.25) is 5.91 Å². The number of amides is 3. The minimum atomic E-state index is -0.655. The number of hydrogen-bond donors (Lipinski definition) is 1. The lowest BCUT2D eigenvalue weighted by Crippen LogP contribution is -2.46. The minimum Gasteiger partial charge on any atom is -0.350 e. The number of carbonyl (C=O) groups is 2. The Balaban J connectivity index is 4.07. The van der Waals surface area contributed by atoms with Gasteiger partial charge in [-0.05, 0) is 0 Å². The van der Waals surface area contributed by atoms with Gasteiger partial charge < -0.3 is 5.73 Å². The molecule has 0 aliphatic rings. The Morgan fingerprint density at radius 2 is 1.60 bits per heavy atom. The molecule has 0 atom stereocenters. The van der Waals surface area contributed by atoms with Crippen LogP contribution in [-0.2, 0) is 4.79 Å². The van der Waals surface area contributed by atoms with Crippen LogP contribution in [0.15, 0.2) is 0 Å². The van der Waals surface area contributed by atoms with E-state index in [1.807, 2.05) is 0 Å². The number of carbonyl (C=O) groups excluding carboxylic acids is 2. The Bertz CT molecular complexity index is 139. The highest BCUT2D eigenvalue weighted by Gasteiger charge is 2.11. The van der Waals surface area contributed by atoms with E-state index in [2.05, 4.69) is 0 Å². The third kappa shape index (κ3) is 1.93. The van der Waals surface area contributed by atoms with Gasteiger partial charge in [-0.15, -0.1) is 0 Å². The second kappa shape index (κ2) is 3.05. The summed E-state index contributed by atoms with van der Waals surface area (Å²) < 4.78 is 0. The van der Waals surface area contributed by atoms with Gasteiger partial charge in [-0.25, -0.2) is 9.80 Å². The minimum absolute atomic E-state index is 0.235. The van der Waals surface area contributed by atoms with Crippen molar-refractivity contribution in [2.45, 2.75) is 6.92 Å². The summed E-state index contributed by atoms with van der Waals surface area (Å²) in [4.78, 5) is 21.0. The van der Waals surface area contributed by atoms with Crippen LogP contribution in [0.1, 0.15) is 6.92 Å². The summed E-state index contributed by atoms with van der Waals surface area (Å²) in [5, 5.41) is 2.16. The van der Waals surface area contributed by atoms with Crippen molar-refractivity contribution >= 4 is 11.9 Å². The first kappa shape index (κ1) is 8.74. The van der Waals surface area contributed by atoms with E-state index in [0.717, 1.165) is 10.0 Å². The van der Waals surface area contributed by atoms with Gasteiger partial charge in [0.1, 0.15) is 0 Å². The van der Waals surface area contributed by atoms with Crippen molar-refractivity contribution in [2.24, 2.45) is 5.73 Å². The van der Waals surface area contributed by atoms with Crippen molar-refractivity contribution in [3.63, 3.8) is 0 Å². The van der Waals surface area contributed by atoms with Crippen LogP contribution in [0, 0.1) is 0 Å². The van der Waals surface area contributed by atoms with Crippen molar-refractivity contribution in [3.05, 3.63) is 0 Å². The van der Waals surface area contributed by atoms with Crippen LogP contribution in [0.4, 0.5) is 4.79 Å². The molecule has 0 aromatic rings. The number of hydrazine groups is 1. The second-order valence-electron chi connectivity index (χ2n) is 1.90. The smallest absolute Gasteiger partial charge is 0.333 e. The molecule has 3 amide bonds. The van der Waals surface area contributed by atoms with Crippen LogP contribution < -0.4 is 5.73 Å². The average Bonchev–Trinajstić information content (AvgIpc) is 1.84. The van der Waals surface area contributed by atoms with E-state index < -0.39 is 6.03 Å². The van der Waals surface area contributed by atoms with E-state index in [1.54, 1.807) is 0 Å². The molecule has 0 aliphatic heterocycles. The molecule has 0 aromatic heterocycles. The van der Waals surface area contributed by atoms with E-state index in [-0.39, 0.29) is 5.91 Å². The number of nitrogens with two attached hydrogens (primary N) is 1. The molecule has 0 fully saturated rings. The maximum Gasteiger partial charge on any atom is 0.333 e. The van der Waals surface area contributed by atoms with Crippen molar-refractivity contribution in [1.82, 2.24) is 10.0 Å². The van der Waals surface area contributed by atoms with Crippen LogP contribution in [0.3, 0.4) is 0 Å². The first-order valence-corrected chi connectivity index (χ1v) is 2.74. The summed E-state index contributed by atoms with van der Waals surface area (Å²) >= 11 is 0. The van der Waals surface area contributed by atoms with Crippen LogP contribution in [0.2, 0.25) is 0 Å². The second-order valence-corrected chi connectivity index (χ2v) is 1.90. The number of hydrogen-bond acceptors (Lipinski definition) is 2. The normalized spacial score (nSPS) is 8.70. The summed E-state index contributed by atoms with van der Waals surface area (Å²) in [5.74, 6) is -0.235. The van der Waals surface area contributed by atoms with Crippen LogP contribution in [-0.4, -0.2) is 36.1 Å². The summed E-state index contributed by atoms with van der Waals surface area (Å²) in [6, 6.07) is -0.655. The topological polar surface area (TPSA) is 66.6 Å². The molecular formula is C5H11N3O2. The zero-order valence-corrected chi connectivity index (χ0v) is 6.29. The Hall–Kier alpha value is -1.26. The van der Waals surface area contributed by atoms with E-state index in [9.17, 15) is 9.59 Å². The van der Waals surface area contributed by atoms with Crippen molar-refractivity contribution < 1.29 is 9.59 Å². The van der Waals surface area contributed by atoms with Gasteiger partial charge in [-0.3, -0.25) is 9.80 Å². The zero-order valence-electron chi connectivity index (χ0n) is 6.29. The molecular weight excluding hydrogens is 134 g/mol. The third-order valence-electron chi connectivity index (χ3n) is 1.22. The van der Waals surface area contributed by atoms with Crippen molar-refractivity contribution in [1.29, 1.82) is 0 Å². The van der Waals surface area contributed by atoms with Crippen LogP contribution >= 0.6 is 0 Å². The first-order valence-electron chi connectivity index (χ1n) is 2.74. The van der Waals surface area contributed by atoms with Gasteiger partial charge in [0.15, 0.2) is 0 Å². The SMILES string of the molecule is CC(=O)N(C)N(C)C(N)=O. The Morgan fingerprint density at radius 1 is 1.20 bits per heavy atom. The van der Waals surface area contributed by atoms with Gasteiger partial charge in [0.05, 0.1) is 0 Å². The fraction of sp³-hybridized carbons (Fsp3) is 0.600. The molecule has 10 heavy (non-hydrogen) atoms. The highest BCUT2D eigenvalue weighted by atomic mass is 16.2. The summed E-state index contributed by atoms with van der Waals surface area (Å²) in [6.45, 7) is 1.35. The summed E-state index contributed by atoms with van der Waals surface area (Å²) in [6.07, 6.45) is 0. The Labute approximate surface area is 59.4 Å². The molecule has 0 heterocycles. The number of urea groups is 1. The van der Waals surface area contributed by atoms with Crippen molar-refractivity contribution in [2.75, 3.05) is 14.1 Å². The standard InChI is InChI=1S/C5H11N3O2/c1-4(9)7(2)8(3)5(6)10/h1-3H3,(H2,6,10). The largest absolute Gasteiger partial charge is 0.350 e. The lowest BCUT2D eigenvalue weighted by Gasteiger charge is -2.24. The quantitative estimate of drug-likeness (QED) is 0.462. The predicted molar refractivity (Wildman–Crippen MR) is 35.8 cm³/mol. The number of nitrogens with zero attached hydrogens (tertiary/aromatic N) is 2. The molecule has 0 saturated heterocycles. The molecule has 58 valence electrons. The molecule has 5 heteroatoms. The van der Waals surface area contributed by atoms with E-state index in [0.29, 0.717) is 0 Å². The molecule has 0 rings (SSSR count). The van der Waals surface area contributed by atoms with Gasteiger partial charge >= 0.3 is 6.03 Å². The first-order chi connectivity index (χ1) is 4.46. The van der Waals surface area contributed by atoms with Gasteiger partial charge in [0.25, 0.3) is 0 Å². The average molecular weight is 145 g/mol. The summed E-state index contributed by atoms with van der Waals surface area (Å²) in [7, 11) is 2.89. The lowest BCUT2D eigenvalue weighted by atomic mass is 10.7. The lowest BCUT2D eigenvalue weighted by molar-refractivity contribution is -0.137. The molecule has 0 radical (unpaired) electrons. The molecule has 0 saturated carbocycles. The highest BCUT2D eigenvalue weighted by Crippen LogP contribution is 1.88. The molecule has 0 aliphatic carbocycles. The molecule has 0 unspecified atom stereocenters. The van der Waals surface area contributed by atoms with Crippen molar-refractivity contribution in [3.8, 4) is 0 Å². The molecule has 0 bridgehead atoms. The number of rotatable bonds is 0. The maximum absolute atomic E-state index is 10.6. The predicted octanol–water partition coefficient (Wildman–Crippen LogP) is -0.610. The maximum atomic E-state index is 10.6. The zero-order chi connectivity index (χ0) is 8.31. The fourth-order valence-corrected chi connectivity index (χ4v) is 0.359. The molecule has 0 aromatic carbocycles. The Kier molecular flexibility index (Phi) is 2.66. The third-order valence-corrected chi connectivity index (χ3v) is 1.22. The van der Waals surface area contributed by atoms with Crippen LogP contribution in [0.25, 0.3) is 0 Å². The van der Waals surface area contributed by atoms with Gasteiger partial charge in [-0.1, -0.05) is 0 Å².